The SMILES string of the molecule is CC[C@@H](CCO)NS(=O)(=O)c1ccc(F)cc1C(F)(F)F. The molecule has 120 valence electrons. The Morgan fingerprint density at radius 3 is 2.43 bits per heavy atom. The third-order valence-electron chi connectivity index (χ3n) is 2.83. The van der Waals surface area contributed by atoms with Crippen LogP contribution in [0, 0.1) is 5.82 Å². The summed E-state index contributed by atoms with van der Waals surface area (Å²) >= 11 is 0. The first-order chi connectivity index (χ1) is 9.61. The summed E-state index contributed by atoms with van der Waals surface area (Å²) in [5.41, 5.74) is -1.56. The van der Waals surface area contributed by atoms with Gasteiger partial charge in [-0.2, -0.15) is 13.2 Å². The first-order valence-electron chi connectivity index (χ1n) is 6.11. The van der Waals surface area contributed by atoms with Crippen LogP contribution in [0.3, 0.4) is 0 Å². The molecular formula is C12H15F4NO3S. The summed E-state index contributed by atoms with van der Waals surface area (Å²) in [6, 6.07) is 0.663. The van der Waals surface area contributed by atoms with Crippen LogP contribution in [0.4, 0.5) is 17.6 Å². The zero-order valence-corrected chi connectivity index (χ0v) is 11.9. The van der Waals surface area contributed by atoms with E-state index in [2.05, 4.69) is 4.72 Å². The van der Waals surface area contributed by atoms with Gasteiger partial charge >= 0.3 is 6.18 Å². The molecule has 0 saturated carbocycles. The van der Waals surface area contributed by atoms with Crippen molar-refractivity contribution in [1.29, 1.82) is 0 Å². The van der Waals surface area contributed by atoms with Gasteiger partial charge in [0.2, 0.25) is 10.0 Å². The number of aliphatic hydroxyl groups excluding tert-OH is 1. The normalized spacial score (nSPS) is 14.2. The summed E-state index contributed by atoms with van der Waals surface area (Å²) in [7, 11) is -4.47. The highest BCUT2D eigenvalue weighted by Gasteiger charge is 2.38. The Kier molecular flexibility index (Phi) is 5.71. The van der Waals surface area contributed by atoms with Crippen LogP contribution in [0.5, 0.6) is 0 Å². The van der Waals surface area contributed by atoms with Gasteiger partial charge in [-0.3, -0.25) is 0 Å². The molecule has 1 aromatic carbocycles. The lowest BCUT2D eigenvalue weighted by Gasteiger charge is -2.18. The van der Waals surface area contributed by atoms with Crippen LogP contribution in [0.15, 0.2) is 23.1 Å². The highest BCUT2D eigenvalue weighted by Crippen LogP contribution is 2.34. The second-order valence-corrected chi connectivity index (χ2v) is 6.06. The standard InChI is InChI=1S/C12H15F4NO3S/c1-2-9(5-6-18)17-21(19,20)11-4-3-8(13)7-10(11)12(14,15)16/h3-4,7,9,17-18H,2,5-6H2,1H3/t9-/m0/s1. The summed E-state index contributed by atoms with van der Waals surface area (Å²) in [4.78, 5) is -1.03. The molecule has 0 unspecified atom stereocenters. The maximum Gasteiger partial charge on any atom is 0.417 e. The molecule has 0 amide bonds. The number of aliphatic hydroxyl groups is 1. The van der Waals surface area contributed by atoms with Crippen LogP contribution in [-0.4, -0.2) is 26.2 Å². The van der Waals surface area contributed by atoms with Crippen molar-refractivity contribution in [3.8, 4) is 0 Å². The predicted molar refractivity (Wildman–Crippen MR) is 67.5 cm³/mol. The van der Waals surface area contributed by atoms with Crippen molar-refractivity contribution in [3.05, 3.63) is 29.6 Å². The quantitative estimate of drug-likeness (QED) is 0.787. The van der Waals surface area contributed by atoms with Crippen molar-refractivity contribution < 1.29 is 31.1 Å². The maximum atomic E-state index is 13.0. The lowest BCUT2D eigenvalue weighted by atomic mass is 10.2. The molecular weight excluding hydrogens is 314 g/mol. The molecule has 1 aromatic rings. The summed E-state index contributed by atoms with van der Waals surface area (Å²) in [5.74, 6) is -1.18. The van der Waals surface area contributed by atoms with Gasteiger partial charge in [-0.05, 0) is 31.0 Å². The van der Waals surface area contributed by atoms with Gasteiger partial charge in [-0.1, -0.05) is 6.92 Å². The van der Waals surface area contributed by atoms with Crippen molar-refractivity contribution in [3.63, 3.8) is 0 Å². The second kappa shape index (κ2) is 6.71. The van der Waals surface area contributed by atoms with Crippen molar-refractivity contribution >= 4 is 10.0 Å². The lowest BCUT2D eigenvalue weighted by molar-refractivity contribution is -0.140. The Morgan fingerprint density at radius 2 is 1.95 bits per heavy atom. The number of alkyl halides is 3. The Balaban J connectivity index is 3.26. The zero-order valence-electron chi connectivity index (χ0n) is 11.1. The van der Waals surface area contributed by atoms with Gasteiger partial charge in [0.05, 0.1) is 10.5 Å². The predicted octanol–water partition coefficient (Wildman–Crippen LogP) is 2.28. The van der Waals surface area contributed by atoms with E-state index in [9.17, 15) is 26.0 Å². The van der Waals surface area contributed by atoms with E-state index in [-0.39, 0.29) is 19.1 Å². The Morgan fingerprint density at radius 1 is 1.33 bits per heavy atom. The van der Waals surface area contributed by atoms with Crippen LogP contribution in [0.1, 0.15) is 25.3 Å². The Labute approximate surface area is 119 Å². The highest BCUT2D eigenvalue weighted by molar-refractivity contribution is 7.89. The molecule has 0 aromatic heterocycles. The number of halogens is 4. The van der Waals surface area contributed by atoms with E-state index < -0.39 is 38.5 Å². The number of sulfonamides is 1. The minimum atomic E-state index is -5.00. The minimum absolute atomic E-state index is 0.0677. The number of hydrogen-bond acceptors (Lipinski definition) is 3. The van der Waals surface area contributed by atoms with E-state index in [1.165, 1.54) is 0 Å². The van der Waals surface area contributed by atoms with E-state index in [1.54, 1.807) is 6.92 Å². The van der Waals surface area contributed by atoms with Gasteiger partial charge in [-0.15, -0.1) is 0 Å². The second-order valence-electron chi connectivity index (χ2n) is 4.38. The summed E-state index contributed by atoms with van der Waals surface area (Å²) in [5, 5.41) is 8.79. The number of benzene rings is 1. The Bertz CT molecular complexity index is 587. The molecule has 0 aliphatic heterocycles. The number of nitrogens with one attached hydrogen (secondary N) is 1. The van der Waals surface area contributed by atoms with Gasteiger partial charge in [0.1, 0.15) is 5.82 Å². The van der Waals surface area contributed by atoms with Gasteiger partial charge < -0.3 is 5.11 Å². The molecule has 0 fully saturated rings. The molecule has 0 radical (unpaired) electrons. The number of hydrogen-bond donors (Lipinski definition) is 2. The van der Waals surface area contributed by atoms with E-state index in [4.69, 9.17) is 5.11 Å². The van der Waals surface area contributed by atoms with Gasteiger partial charge in [0.15, 0.2) is 0 Å². The van der Waals surface area contributed by atoms with Crippen molar-refractivity contribution in [1.82, 2.24) is 4.72 Å². The molecule has 9 heteroatoms. The lowest BCUT2D eigenvalue weighted by Crippen LogP contribution is -2.36. The third kappa shape index (κ3) is 4.65. The van der Waals surface area contributed by atoms with Crippen LogP contribution in [0.2, 0.25) is 0 Å². The molecule has 0 aliphatic carbocycles. The number of rotatable bonds is 6. The van der Waals surface area contributed by atoms with Gasteiger partial charge in [0, 0.05) is 12.6 Å². The van der Waals surface area contributed by atoms with Gasteiger partial charge in [0.25, 0.3) is 0 Å². The molecule has 21 heavy (non-hydrogen) atoms. The third-order valence-corrected chi connectivity index (χ3v) is 4.41. The minimum Gasteiger partial charge on any atom is -0.396 e. The topological polar surface area (TPSA) is 66.4 Å². The fourth-order valence-corrected chi connectivity index (χ4v) is 3.30. The maximum absolute atomic E-state index is 13.0. The van der Waals surface area contributed by atoms with Crippen molar-refractivity contribution in [2.75, 3.05) is 6.61 Å². The molecule has 0 heterocycles. The molecule has 0 aliphatic rings. The van der Waals surface area contributed by atoms with Crippen molar-refractivity contribution in [2.45, 2.75) is 36.9 Å². The Hall–Kier alpha value is -1.19. The van der Waals surface area contributed by atoms with E-state index in [1.807, 2.05) is 0 Å². The average molecular weight is 329 g/mol. The van der Waals surface area contributed by atoms with E-state index >= 15 is 0 Å². The molecule has 0 spiro atoms. The molecule has 2 N–H and O–H groups in total. The van der Waals surface area contributed by atoms with Crippen LogP contribution in [0.25, 0.3) is 0 Å². The molecule has 4 nitrogen and oxygen atoms in total. The summed E-state index contributed by atoms with van der Waals surface area (Å²) in [6.45, 7) is 1.31. The van der Waals surface area contributed by atoms with Crippen LogP contribution in [-0.2, 0) is 16.2 Å². The first kappa shape index (κ1) is 17.9. The molecule has 1 atom stereocenters. The largest absolute Gasteiger partial charge is 0.417 e. The summed E-state index contributed by atoms with van der Waals surface area (Å²) in [6.07, 6.45) is -4.63. The van der Waals surface area contributed by atoms with Crippen LogP contribution >= 0.6 is 0 Å². The van der Waals surface area contributed by atoms with Gasteiger partial charge in [-0.25, -0.2) is 17.5 Å². The fourth-order valence-electron chi connectivity index (χ4n) is 1.74. The fraction of sp³-hybridized carbons (Fsp3) is 0.500. The first-order valence-corrected chi connectivity index (χ1v) is 7.60. The molecule has 0 saturated heterocycles. The molecule has 0 bridgehead atoms. The summed E-state index contributed by atoms with van der Waals surface area (Å²) < 4.78 is 77.6. The van der Waals surface area contributed by atoms with Crippen LogP contribution < -0.4 is 4.72 Å². The molecule has 1 rings (SSSR count). The van der Waals surface area contributed by atoms with Crippen molar-refractivity contribution in [2.24, 2.45) is 0 Å². The zero-order chi connectivity index (χ0) is 16.3. The average Bonchev–Trinajstić information content (AvgIpc) is 2.36. The van der Waals surface area contributed by atoms with E-state index in [0.717, 1.165) is 0 Å². The smallest absolute Gasteiger partial charge is 0.396 e. The highest BCUT2D eigenvalue weighted by atomic mass is 32.2. The van der Waals surface area contributed by atoms with E-state index in [0.29, 0.717) is 18.6 Å². The monoisotopic (exact) mass is 329 g/mol.